The van der Waals surface area contributed by atoms with Crippen molar-refractivity contribution in [1.29, 1.82) is 0 Å². The highest BCUT2D eigenvalue weighted by Crippen LogP contribution is 2.35. The highest BCUT2D eigenvalue weighted by atomic mass is 19.4. The van der Waals surface area contributed by atoms with Crippen LogP contribution in [0.25, 0.3) is 11.0 Å². The molecule has 0 fully saturated rings. The molecule has 3 nitrogen and oxygen atoms in total. The van der Waals surface area contributed by atoms with Crippen LogP contribution in [0.4, 0.5) is 13.2 Å². The third kappa shape index (κ3) is 2.13. The first-order valence-corrected chi connectivity index (χ1v) is 4.95. The third-order valence-electron chi connectivity index (χ3n) is 2.54. The molecule has 0 aliphatic carbocycles. The predicted octanol–water partition coefficient (Wildman–Crippen LogP) is 2.81. The van der Waals surface area contributed by atoms with E-state index in [-0.39, 0.29) is 5.76 Å². The Bertz CT molecular complexity index is 533. The normalized spacial score (nSPS) is 14.2. The van der Waals surface area contributed by atoms with E-state index in [0.29, 0.717) is 11.0 Å². The van der Waals surface area contributed by atoms with Crippen LogP contribution >= 0.6 is 0 Å². The van der Waals surface area contributed by atoms with Crippen molar-refractivity contribution in [2.24, 2.45) is 5.84 Å². The maximum absolute atomic E-state index is 12.6. The maximum Gasteiger partial charge on any atom is 0.412 e. The average Bonchev–Trinajstić information content (AvgIpc) is 2.61. The van der Waals surface area contributed by atoms with Crippen LogP contribution in [0.15, 0.2) is 28.7 Å². The zero-order valence-electron chi connectivity index (χ0n) is 9.01. The van der Waals surface area contributed by atoms with Gasteiger partial charge in [-0.2, -0.15) is 13.2 Å². The molecule has 0 spiro atoms. The van der Waals surface area contributed by atoms with Gasteiger partial charge in [0.25, 0.3) is 0 Å². The number of hydrazine groups is 1. The first-order chi connectivity index (χ1) is 7.93. The van der Waals surface area contributed by atoms with Crippen LogP contribution in [0.5, 0.6) is 0 Å². The summed E-state index contributed by atoms with van der Waals surface area (Å²) in [5.74, 6) is 4.69. The molecule has 0 saturated heterocycles. The number of nitrogens with two attached hydrogens (primary N) is 1. The fourth-order valence-corrected chi connectivity index (χ4v) is 1.71. The number of aryl methyl sites for hydroxylation is 1. The molecule has 2 aromatic rings. The number of rotatable bonds is 2. The molecule has 0 saturated carbocycles. The second kappa shape index (κ2) is 4.05. The van der Waals surface area contributed by atoms with Crippen LogP contribution in [-0.2, 0) is 0 Å². The summed E-state index contributed by atoms with van der Waals surface area (Å²) in [5.41, 5.74) is 2.95. The summed E-state index contributed by atoms with van der Waals surface area (Å²) in [6.07, 6.45) is -4.49. The van der Waals surface area contributed by atoms with Crippen molar-refractivity contribution in [3.63, 3.8) is 0 Å². The van der Waals surface area contributed by atoms with E-state index in [9.17, 15) is 13.2 Å². The van der Waals surface area contributed by atoms with Gasteiger partial charge >= 0.3 is 6.18 Å². The summed E-state index contributed by atoms with van der Waals surface area (Å²) >= 11 is 0. The summed E-state index contributed by atoms with van der Waals surface area (Å²) in [4.78, 5) is 0. The van der Waals surface area contributed by atoms with Crippen LogP contribution in [0.2, 0.25) is 0 Å². The van der Waals surface area contributed by atoms with Crippen molar-refractivity contribution in [3.05, 3.63) is 35.6 Å². The molecule has 1 atom stereocenters. The quantitative estimate of drug-likeness (QED) is 0.631. The minimum absolute atomic E-state index is 0.232. The van der Waals surface area contributed by atoms with Crippen LogP contribution < -0.4 is 11.3 Å². The standard InChI is InChI=1S/C11H11F3N2O/c1-6-3-2-4-7-5-8(17-9(6)7)10(16-15)11(12,13)14/h2-5,10,16H,15H2,1H3. The van der Waals surface area contributed by atoms with Gasteiger partial charge in [0.1, 0.15) is 11.3 Å². The number of nitrogens with one attached hydrogen (secondary N) is 1. The van der Waals surface area contributed by atoms with Crippen molar-refractivity contribution >= 4 is 11.0 Å². The first-order valence-electron chi connectivity index (χ1n) is 4.95. The Morgan fingerprint density at radius 1 is 1.35 bits per heavy atom. The minimum atomic E-state index is -4.49. The lowest BCUT2D eigenvalue weighted by atomic mass is 10.1. The Morgan fingerprint density at radius 3 is 2.59 bits per heavy atom. The highest BCUT2D eigenvalue weighted by Gasteiger charge is 2.42. The van der Waals surface area contributed by atoms with Gasteiger partial charge in [0, 0.05) is 5.39 Å². The van der Waals surface area contributed by atoms with E-state index in [4.69, 9.17) is 10.3 Å². The largest absolute Gasteiger partial charge is 0.459 e. The Hall–Kier alpha value is -1.53. The smallest absolute Gasteiger partial charge is 0.412 e. The molecule has 3 N–H and O–H groups in total. The fourth-order valence-electron chi connectivity index (χ4n) is 1.71. The number of halogens is 3. The van der Waals surface area contributed by atoms with Gasteiger partial charge in [0.05, 0.1) is 0 Å². The van der Waals surface area contributed by atoms with Crippen LogP contribution in [0, 0.1) is 6.92 Å². The molecule has 0 aliphatic rings. The minimum Gasteiger partial charge on any atom is -0.459 e. The number of benzene rings is 1. The van der Waals surface area contributed by atoms with Gasteiger partial charge in [-0.15, -0.1) is 0 Å². The Labute approximate surface area is 95.4 Å². The summed E-state index contributed by atoms with van der Waals surface area (Å²) in [6.45, 7) is 1.77. The zero-order valence-corrected chi connectivity index (χ0v) is 9.01. The summed E-state index contributed by atoms with van der Waals surface area (Å²) in [5, 5.41) is 0.629. The molecule has 6 heteroatoms. The van der Waals surface area contributed by atoms with Gasteiger partial charge in [-0.25, -0.2) is 5.43 Å². The van der Waals surface area contributed by atoms with E-state index in [1.165, 1.54) is 6.07 Å². The van der Waals surface area contributed by atoms with Crippen molar-refractivity contribution in [2.45, 2.75) is 19.1 Å². The Morgan fingerprint density at radius 2 is 2.06 bits per heavy atom. The van der Waals surface area contributed by atoms with E-state index < -0.39 is 12.2 Å². The van der Waals surface area contributed by atoms with Gasteiger partial charge in [0.15, 0.2) is 6.04 Å². The number of fused-ring (bicyclic) bond motifs is 1. The molecular formula is C11H11F3N2O. The molecular weight excluding hydrogens is 233 g/mol. The number of alkyl halides is 3. The number of para-hydroxylation sites is 1. The molecule has 1 heterocycles. The van der Waals surface area contributed by atoms with Crippen molar-refractivity contribution < 1.29 is 17.6 Å². The molecule has 1 aromatic carbocycles. The second-order valence-corrected chi connectivity index (χ2v) is 3.78. The lowest BCUT2D eigenvalue weighted by Crippen LogP contribution is -2.38. The molecule has 0 aliphatic heterocycles. The summed E-state index contributed by atoms with van der Waals surface area (Å²) in [6, 6.07) is 4.58. The lowest BCUT2D eigenvalue weighted by Gasteiger charge is -2.16. The van der Waals surface area contributed by atoms with Crippen molar-refractivity contribution in [1.82, 2.24) is 5.43 Å². The molecule has 0 bridgehead atoms. The van der Waals surface area contributed by atoms with E-state index in [0.717, 1.165) is 5.56 Å². The SMILES string of the molecule is Cc1cccc2cc(C(NN)C(F)(F)F)oc12. The number of hydrogen-bond donors (Lipinski definition) is 2. The third-order valence-corrected chi connectivity index (χ3v) is 2.54. The predicted molar refractivity (Wildman–Crippen MR) is 57.1 cm³/mol. The molecule has 92 valence electrons. The monoisotopic (exact) mass is 244 g/mol. The van der Waals surface area contributed by atoms with Gasteiger partial charge < -0.3 is 4.42 Å². The fraction of sp³-hybridized carbons (Fsp3) is 0.273. The van der Waals surface area contributed by atoms with Gasteiger partial charge in [-0.1, -0.05) is 18.2 Å². The average molecular weight is 244 g/mol. The van der Waals surface area contributed by atoms with Crippen molar-refractivity contribution in [3.8, 4) is 0 Å². The Kier molecular flexibility index (Phi) is 2.84. The van der Waals surface area contributed by atoms with Crippen molar-refractivity contribution in [2.75, 3.05) is 0 Å². The van der Waals surface area contributed by atoms with Crippen LogP contribution in [0.1, 0.15) is 17.4 Å². The van der Waals surface area contributed by atoms with E-state index in [2.05, 4.69) is 0 Å². The molecule has 17 heavy (non-hydrogen) atoms. The number of furan rings is 1. The maximum atomic E-state index is 12.6. The molecule has 0 radical (unpaired) electrons. The summed E-state index contributed by atoms with van der Waals surface area (Å²) in [7, 11) is 0. The highest BCUT2D eigenvalue weighted by molar-refractivity contribution is 5.81. The van der Waals surface area contributed by atoms with Gasteiger partial charge in [-0.3, -0.25) is 5.84 Å². The lowest BCUT2D eigenvalue weighted by molar-refractivity contribution is -0.161. The van der Waals surface area contributed by atoms with E-state index in [1.807, 2.05) is 0 Å². The zero-order chi connectivity index (χ0) is 12.6. The van der Waals surface area contributed by atoms with E-state index in [1.54, 1.807) is 30.5 Å². The number of hydrogen-bond acceptors (Lipinski definition) is 3. The van der Waals surface area contributed by atoms with E-state index >= 15 is 0 Å². The van der Waals surface area contributed by atoms with Crippen LogP contribution in [0.3, 0.4) is 0 Å². The van der Waals surface area contributed by atoms with Gasteiger partial charge in [0.2, 0.25) is 0 Å². The Balaban J connectivity index is 2.52. The molecule has 2 rings (SSSR count). The first kappa shape index (κ1) is 11.9. The topological polar surface area (TPSA) is 51.2 Å². The molecule has 0 amide bonds. The second-order valence-electron chi connectivity index (χ2n) is 3.78. The molecule has 1 aromatic heterocycles. The van der Waals surface area contributed by atoms with Crippen LogP contribution in [-0.4, -0.2) is 6.18 Å². The summed E-state index contributed by atoms with van der Waals surface area (Å²) < 4.78 is 43.1. The van der Waals surface area contributed by atoms with Gasteiger partial charge in [-0.05, 0) is 18.6 Å². The molecule has 1 unspecified atom stereocenters.